The van der Waals surface area contributed by atoms with Gasteiger partial charge in [0.2, 0.25) is 5.79 Å². The molecule has 7 N–H and O–H groups in total. The number of carbonyl (C=O) groups is 2. The van der Waals surface area contributed by atoms with Crippen LogP contribution in [0.3, 0.4) is 0 Å². The highest BCUT2D eigenvalue weighted by Crippen LogP contribution is 2.44. The highest BCUT2D eigenvalue weighted by Gasteiger charge is 2.48. The molecular formula is C27H34N2O9. The first-order valence-corrected chi connectivity index (χ1v) is 12.7. The summed E-state index contributed by atoms with van der Waals surface area (Å²) in [6, 6.07) is 14.7. The Kier molecular flexibility index (Phi) is 8.98. The first-order valence-electron chi connectivity index (χ1n) is 12.7. The van der Waals surface area contributed by atoms with Gasteiger partial charge in [-0.2, -0.15) is 0 Å². The predicted molar refractivity (Wildman–Crippen MR) is 135 cm³/mol. The van der Waals surface area contributed by atoms with Crippen LogP contribution in [0.15, 0.2) is 48.5 Å². The largest absolute Gasteiger partial charge is 0.480 e. The lowest BCUT2D eigenvalue weighted by atomic mass is 9.97. The van der Waals surface area contributed by atoms with Gasteiger partial charge in [0.25, 0.3) is 0 Å². The van der Waals surface area contributed by atoms with Crippen LogP contribution in [-0.4, -0.2) is 94.0 Å². The van der Waals surface area contributed by atoms with Gasteiger partial charge < -0.3 is 45.6 Å². The van der Waals surface area contributed by atoms with Gasteiger partial charge in [0, 0.05) is 5.92 Å². The van der Waals surface area contributed by atoms with Crippen LogP contribution in [0.1, 0.15) is 36.3 Å². The molecule has 11 nitrogen and oxygen atoms in total. The molecule has 2 aromatic rings. The molecule has 0 saturated carbocycles. The molecule has 1 aliphatic heterocycles. The molecule has 5 atom stereocenters. The number of hydrogen-bond donors (Lipinski definition) is 7. The van der Waals surface area contributed by atoms with Gasteiger partial charge in [0.05, 0.1) is 13.2 Å². The number of carboxylic acids is 1. The Labute approximate surface area is 220 Å². The zero-order chi connectivity index (χ0) is 27.3. The summed E-state index contributed by atoms with van der Waals surface area (Å²) in [5.41, 5.74) is 4.31. The molecule has 0 radical (unpaired) electrons. The summed E-state index contributed by atoms with van der Waals surface area (Å²) in [6.07, 6.45) is -4.20. The van der Waals surface area contributed by atoms with E-state index in [-0.39, 0.29) is 32.1 Å². The summed E-state index contributed by atoms with van der Waals surface area (Å²) < 4.78 is 10.5. The molecule has 38 heavy (non-hydrogen) atoms. The number of alkyl carbamates (subject to hydrolysis) is 1. The molecular weight excluding hydrogens is 496 g/mol. The average molecular weight is 531 g/mol. The molecule has 1 fully saturated rings. The minimum Gasteiger partial charge on any atom is -0.480 e. The smallest absolute Gasteiger partial charge is 0.407 e. The van der Waals surface area contributed by atoms with Gasteiger partial charge in [-0.15, -0.1) is 0 Å². The van der Waals surface area contributed by atoms with E-state index in [1.165, 1.54) is 0 Å². The molecule has 1 aliphatic carbocycles. The van der Waals surface area contributed by atoms with Crippen molar-refractivity contribution in [2.45, 2.75) is 55.3 Å². The van der Waals surface area contributed by atoms with Crippen LogP contribution in [0.4, 0.5) is 4.79 Å². The quantitative estimate of drug-likeness (QED) is 0.203. The van der Waals surface area contributed by atoms with E-state index in [9.17, 15) is 35.1 Å². The van der Waals surface area contributed by atoms with E-state index in [0.29, 0.717) is 19.4 Å². The number of hydrogen-bond acceptors (Lipinski definition) is 9. The molecule has 1 saturated heterocycles. The van der Waals surface area contributed by atoms with Crippen molar-refractivity contribution in [3.8, 4) is 11.1 Å². The third-order valence-corrected chi connectivity index (χ3v) is 7.09. The predicted octanol–water partition coefficient (Wildman–Crippen LogP) is 0.540. The molecule has 0 spiro atoms. The Morgan fingerprint density at radius 1 is 1.03 bits per heavy atom. The summed E-state index contributed by atoms with van der Waals surface area (Å²) in [4.78, 5) is 24.1. The van der Waals surface area contributed by atoms with Crippen LogP contribution in [0.2, 0.25) is 0 Å². The minimum absolute atomic E-state index is 0.0820. The molecule has 1 heterocycles. The number of amides is 1. The van der Waals surface area contributed by atoms with Gasteiger partial charge in [-0.3, -0.25) is 0 Å². The molecule has 4 rings (SSSR count). The van der Waals surface area contributed by atoms with Crippen LogP contribution in [-0.2, 0) is 14.3 Å². The molecule has 1 amide bonds. The van der Waals surface area contributed by atoms with Crippen LogP contribution < -0.4 is 10.6 Å². The highest BCUT2D eigenvalue weighted by molar-refractivity contribution is 5.81. The van der Waals surface area contributed by atoms with Crippen molar-refractivity contribution in [1.82, 2.24) is 10.6 Å². The van der Waals surface area contributed by atoms with E-state index in [0.717, 1.165) is 22.3 Å². The molecule has 206 valence electrons. The maximum atomic E-state index is 12.5. The number of aliphatic hydroxyl groups is 4. The van der Waals surface area contributed by atoms with Crippen LogP contribution in [0.5, 0.6) is 0 Å². The van der Waals surface area contributed by atoms with Crippen LogP contribution in [0, 0.1) is 0 Å². The van der Waals surface area contributed by atoms with E-state index in [4.69, 9.17) is 9.47 Å². The van der Waals surface area contributed by atoms with E-state index < -0.39 is 42.2 Å². The van der Waals surface area contributed by atoms with Crippen molar-refractivity contribution >= 4 is 12.1 Å². The Morgan fingerprint density at radius 3 is 2.29 bits per heavy atom. The molecule has 2 aliphatic rings. The fourth-order valence-electron chi connectivity index (χ4n) is 4.95. The normalized spacial score (nSPS) is 25.3. The fourth-order valence-corrected chi connectivity index (χ4v) is 4.95. The number of carbonyl (C=O) groups excluding carboxylic acids is 1. The number of aliphatic hydroxyl groups excluding tert-OH is 3. The lowest BCUT2D eigenvalue weighted by molar-refractivity contribution is -0.317. The van der Waals surface area contributed by atoms with Crippen molar-refractivity contribution in [2.24, 2.45) is 0 Å². The van der Waals surface area contributed by atoms with Gasteiger partial charge >= 0.3 is 12.1 Å². The lowest BCUT2D eigenvalue weighted by Gasteiger charge is -2.41. The number of benzene rings is 2. The van der Waals surface area contributed by atoms with Gasteiger partial charge in [-0.1, -0.05) is 48.5 Å². The number of carboxylic acid groups (broad SMARTS) is 1. The number of fused-ring (bicyclic) bond motifs is 3. The lowest BCUT2D eigenvalue weighted by Crippen LogP contribution is -2.64. The topological polar surface area (TPSA) is 178 Å². The first-order chi connectivity index (χ1) is 18.2. The number of unbranched alkanes of at least 4 members (excludes halogenated alkanes) is 1. The summed E-state index contributed by atoms with van der Waals surface area (Å²) in [7, 11) is 0. The number of ether oxygens (including phenoxy) is 2. The monoisotopic (exact) mass is 530 g/mol. The van der Waals surface area contributed by atoms with Gasteiger partial charge in [-0.25, -0.2) is 9.59 Å². The summed E-state index contributed by atoms with van der Waals surface area (Å²) >= 11 is 0. The van der Waals surface area contributed by atoms with Gasteiger partial charge in [0.1, 0.15) is 31.0 Å². The zero-order valence-electron chi connectivity index (χ0n) is 20.8. The Balaban J connectivity index is 1.20. The second-order valence-corrected chi connectivity index (χ2v) is 9.69. The maximum Gasteiger partial charge on any atom is 0.407 e. The average Bonchev–Trinajstić information content (AvgIpc) is 3.23. The molecule has 2 aromatic carbocycles. The van der Waals surface area contributed by atoms with Crippen molar-refractivity contribution in [3.05, 3.63) is 59.7 Å². The Morgan fingerprint density at radius 2 is 1.66 bits per heavy atom. The highest BCUT2D eigenvalue weighted by atomic mass is 16.6. The standard InChI is InChI=1S/C27H34N2O9/c30-22-14-38-27(36,24(32)23(22)31)15-28-12-6-5-11-21(25(33)34)29-26(35)37-13-20-18-9-3-1-7-16(18)17-8-2-4-10-19(17)20/h1-4,7-10,20-24,28,30-32,36H,5-6,11-15H2,(H,29,35)(H,33,34)/t21?,22?,23-,24-,27-/m1/s1. The minimum atomic E-state index is -2.05. The molecule has 2 unspecified atom stereocenters. The van der Waals surface area contributed by atoms with Gasteiger partial charge in [-0.05, 0) is 48.1 Å². The van der Waals surface area contributed by atoms with Crippen molar-refractivity contribution in [2.75, 3.05) is 26.3 Å². The van der Waals surface area contributed by atoms with E-state index in [2.05, 4.69) is 10.6 Å². The zero-order valence-corrected chi connectivity index (χ0v) is 20.8. The van der Waals surface area contributed by atoms with Crippen molar-refractivity contribution in [3.63, 3.8) is 0 Å². The molecule has 0 bridgehead atoms. The van der Waals surface area contributed by atoms with Crippen molar-refractivity contribution in [1.29, 1.82) is 0 Å². The third kappa shape index (κ3) is 6.15. The molecule has 11 heteroatoms. The summed E-state index contributed by atoms with van der Waals surface area (Å²) in [5.74, 6) is -3.35. The van der Waals surface area contributed by atoms with E-state index >= 15 is 0 Å². The Hall–Kier alpha value is -3.06. The summed E-state index contributed by atoms with van der Waals surface area (Å²) in [6.45, 7) is -0.0798. The van der Waals surface area contributed by atoms with Gasteiger partial charge in [0.15, 0.2) is 0 Å². The second-order valence-electron chi connectivity index (χ2n) is 9.69. The van der Waals surface area contributed by atoms with Crippen molar-refractivity contribution < 1.29 is 44.6 Å². The summed E-state index contributed by atoms with van der Waals surface area (Å²) in [5, 5.41) is 54.4. The van der Waals surface area contributed by atoms with E-state index in [1.54, 1.807) is 0 Å². The van der Waals surface area contributed by atoms with Crippen LogP contribution >= 0.6 is 0 Å². The second kappa shape index (κ2) is 12.2. The molecule has 0 aromatic heterocycles. The van der Waals surface area contributed by atoms with E-state index in [1.807, 2.05) is 48.5 Å². The number of nitrogens with one attached hydrogen (secondary N) is 2. The third-order valence-electron chi connectivity index (χ3n) is 7.09. The fraction of sp³-hybridized carbons (Fsp3) is 0.481. The number of aliphatic carboxylic acids is 1. The maximum absolute atomic E-state index is 12.5. The van der Waals surface area contributed by atoms with Crippen LogP contribution in [0.25, 0.3) is 11.1 Å². The first kappa shape index (κ1) is 28.0. The SMILES string of the molecule is O=C(NC(CCCCNC[C@@]1(O)OCC(O)[C@@H](O)[C@H]1O)C(=O)O)OCC1c2ccccc2-c2ccccc21. The number of rotatable bonds is 11. The Bertz CT molecular complexity index is 1080.